The Balaban J connectivity index is 1.45. The molecule has 1 spiro atoms. The van der Waals surface area contributed by atoms with Crippen molar-refractivity contribution in [2.45, 2.75) is 103 Å². The van der Waals surface area contributed by atoms with Crippen molar-refractivity contribution in [1.29, 1.82) is 0 Å². The number of rotatable bonds is 0. The summed E-state index contributed by atoms with van der Waals surface area (Å²) in [6, 6.07) is 0. The molecule has 5 aliphatic rings. The number of aliphatic hydroxyl groups is 1. The fourth-order valence-corrected chi connectivity index (χ4v) is 8.95. The van der Waals surface area contributed by atoms with E-state index in [9.17, 15) is 5.11 Å². The number of fused-ring (bicyclic) bond motifs is 6. The van der Waals surface area contributed by atoms with E-state index in [2.05, 4.69) is 27.6 Å². The maximum atomic E-state index is 10.2. The van der Waals surface area contributed by atoms with Gasteiger partial charge in [0.25, 0.3) is 0 Å². The second-order valence-electron chi connectivity index (χ2n) is 10.9. The number of hydrogen-bond acceptors (Lipinski definition) is 3. The molecule has 1 aliphatic heterocycles. The van der Waals surface area contributed by atoms with Crippen molar-refractivity contribution in [3.05, 3.63) is 0 Å². The van der Waals surface area contributed by atoms with E-state index in [1.165, 1.54) is 44.9 Å². The van der Waals surface area contributed by atoms with Crippen molar-refractivity contribution in [3.63, 3.8) is 0 Å². The molecule has 0 amide bonds. The second kappa shape index (κ2) is 5.73. The van der Waals surface area contributed by atoms with Gasteiger partial charge in [0.15, 0.2) is 0 Å². The Hall–Kier alpha value is -0.0551. The van der Waals surface area contributed by atoms with Crippen LogP contribution in [0.4, 0.5) is 0 Å². The van der Waals surface area contributed by atoms with Gasteiger partial charge in [-0.1, -0.05) is 13.8 Å². The summed E-state index contributed by atoms with van der Waals surface area (Å²) < 4.78 is 12.7. The quantitative estimate of drug-likeness (QED) is 0.638. The van der Waals surface area contributed by atoms with E-state index in [0.29, 0.717) is 5.41 Å². The summed E-state index contributed by atoms with van der Waals surface area (Å²) in [6.45, 7) is 9.45. The minimum Gasteiger partial charge on any atom is -0.406 e. The summed E-state index contributed by atoms with van der Waals surface area (Å²) in [5.41, 5.74) is 0.684. The largest absolute Gasteiger partial charge is 0.454 e. The number of aliphatic hydroxyl groups excluding tert-OH is 1. The first-order chi connectivity index (χ1) is 12.3. The Kier molecular flexibility index (Phi) is 3.97. The molecule has 0 aromatic rings. The summed E-state index contributed by atoms with van der Waals surface area (Å²) in [6.07, 6.45) is 11.4. The average molecular weight is 360 g/mol. The van der Waals surface area contributed by atoms with Gasteiger partial charge in [-0.3, -0.25) is 0 Å². The summed E-state index contributed by atoms with van der Waals surface area (Å²) in [4.78, 5) is 0. The van der Waals surface area contributed by atoms with Gasteiger partial charge in [-0.2, -0.15) is 0 Å². The maximum absolute atomic E-state index is 10.2. The third kappa shape index (κ3) is 2.13. The van der Waals surface area contributed by atoms with Crippen LogP contribution in [0, 0.1) is 34.5 Å². The first-order valence-corrected chi connectivity index (χ1v) is 11.3. The Bertz CT molecular complexity index is 584. The molecule has 0 aromatic carbocycles. The highest BCUT2D eigenvalue weighted by molar-refractivity contribution is 6.43. The second-order valence-corrected chi connectivity index (χ2v) is 10.9. The zero-order valence-electron chi connectivity index (χ0n) is 17.2. The standard InChI is InChI=1S/C22H37BO3/c1-14-22(26-23(4)25-14)12-9-19-17-6-5-15-13-16(24)7-10-20(15,2)18(17)8-11-21(19,22)3/h14-19,24H,5-13H2,1-4H3/t14-,15?,16-,17?,18?,19?,20+,21+,22+/m1/s1. The molecule has 4 unspecified atom stereocenters. The van der Waals surface area contributed by atoms with Gasteiger partial charge < -0.3 is 14.4 Å². The Morgan fingerprint density at radius 2 is 1.73 bits per heavy atom. The van der Waals surface area contributed by atoms with E-state index in [0.717, 1.165) is 36.5 Å². The molecule has 3 nitrogen and oxygen atoms in total. The molecule has 26 heavy (non-hydrogen) atoms. The van der Waals surface area contributed by atoms with Crippen LogP contribution in [0.15, 0.2) is 0 Å². The van der Waals surface area contributed by atoms with E-state index < -0.39 is 0 Å². The highest BCUT2D eigenvalue weighted by Gasteiger charge is 2.69. The van der Waals surface area contributed by atoms with Crippen LogP contribution in [0.5, 0.6) is 0 Å². The molecule has 4 aliphatic carbocycles. The minimum absolute atomic E-state index is 0.0420. The molecule has 146 valence electrons. The van der Waals surface area contributed by atoms with Crippen LogP contribution in [-0.4, -0.2) is 30.0 Å². The molecular formula is C22H37BO3. The molecule has 1 saturated heterocycles. The summed E-state index contributed by atoms with van der Waals surface area (Å²) in [5.74, 6) is 3.26. The van der Waals surface area contributed by atoms with Crippen LogP contribution in [-0.2, 0) is 9.31 Å². The maximum Gasteiger partial charge on any atom is 0.454 e. The van der Waals surface area contributed by atoms with E-state index in [1.807, 2.05) is 0 Å². The first kappa shape index (κ1) is 18.0. The van der Waals surface area contributed by atoms with Crippen LogP contribution in [0.2, 0.25) is 6.82 Å². The van der Waals surface area contributed by atoms with E-state index in [1.54, 1.807) is 0 Å². The Morgan fingerprint density at radius 1 is 0.962 bits per heavy atom. The Morgan fingerprint density at radius 3 is 2.46 bits per heavy atom. The van der Waals surface area contributed by atoms with Crippen LogP contribution < -0.4 is 0 Å². The van der Waals surface area contributed by atoms with Crippen molar-refractivity contribution < 1.29 is 14.4 Å². The summed E-state index contributed by atoms with van der Waals surface area (Å²) in [5, 5.41) is 10.2. The van der Waals surface area contributed by atoms with Crippen molar-refractivity contribution in [1.82, 2.24) is 0 Å². The lowest BCUT2D eigenvalue weighted by atomic mass is 9.44. The highest BCUT2D eigenvalue weighted by atomic mass is 16.7. The Labute approximate surface area is 159 Å². The topological polar surface area (TPSA) is 38.7 Å². The molecule has 5 fully saturated rings. The van der Waals surface area contributed by atoms with Crippen LogP contribution >= 0.6 is 0 Å². The van der Waals surface area contributed by atoms with Gasteiger partial charge in [0.2, 0.25) is 0 Å². The van der Waals surface area contributed by atoms with Gasteiger partial charge in [-0.05, 0) is 101 Å². The van der Waals surface area contributed by atoms with Crippen molar-refractivity contribution >= 4 is 7.12 Å². The van der Waals surface area contributed by atoms with E-state index in [4.69, 9.17) is 9.31 Å². The monoisotopic (exact) mass is 360 g/mol. The van der Waals surface area contributed by atoms with Crippen LogP contribution in [0.25, 0.3) is 0 Å². The van der Waals surface area contributed by atoms with Gasteiger partial charge in [0, 0.05) is 5.41 Å². The highest BCUT2D eigenvalue weighted by Crippen LogP contribution is 2.70. The third-order valence-corrected chi connectivity index (χ3v) is 10.2. The van der Waals surface area contributed by atoms with E-state index in [-0.39, 0.29) is 30.3 Å². The third-order valence-electron chi connectivity index (χ3n) is 10.2. The zero-order valence-corrected chi connectivity index (χ0v) is 17.2. The van der Waals surface area contributed by atoms with Gasteiger partial charge in [0.05, 0.1) is 17.8 Å². The van der Waals surface area contributed by atoms with Crippen LogP contribution in [0.1, 0.15) is 78.6 Å². The lowest BCUT2D eigenvalue weighted by Gasteiger charge is -2.62. The molecule has 9 atom stereocenters. The normalized spacial score (nSPS) is 59.2. The molecule has 5 rings (SSSR count). The molecule has 4 saturated carbocycles. The lowest BCUT2D eigenvalue weighted by molar-refractivity contribution is -0.155. The lowest BCUT2D eigenvalue weighted by Crippen LogP contribution is -2.58. The predicted octanol–water partition coefficient (Wildman–Crippen LogP) is 4.68. The van der Waals surface area contributed by atoms with Crippen molar-refractivity contribution in [2.24, 2.45) is 34.5 Å². The molecule has 0 aromatic heterocycles. The van der Waals surface area contributed by atoms with E-state index >= 15 is 0 Å². The first-order valence-electron chi connectivity index (χ1n) is 11.3. The SMILES string of the molecule is CB1O[C@H](C)[C@]2(CCC3C4CCC5C[C@H](O)CC[C@]5(C)C4CC[C@@]32C)O1. The predicted molar refractivity (Wildman–Crippen MR) is 104 cm³/mol. The van der Waals surface area contributed by atoms with Gasteiger partial charge in [0.1, 0.15) is 0 Å². The van der Waals surface area contributed by atoms with Gasteiger partial charge in [-0.25, -0.2) is 0 Å². The summed E-state index contributed by atoms with van der Waals surface area (Å²) >= 11 is 0. The molecular weight excluding hydrogens is 323 g/mol. The molecule has 0 radical (unpaired) electrons. The smallest absolute Gasteiger partial charge is 0.406 e. The van der Waals surface area contributed by atoms with Crippen molar-refractivity contribution in [2.75, 3.05) is 0 Å². The molecule has 4 heteroatoms. The molecule has 1 heterocycles. The van der Waals surface area contributed by atoms with Gasteiger partial charge in [-0.15, -0.1) is 0 Å². The zero-order chi connectivity index (χ0) is 18.3. The molecule has 0 bridgehead atoms. The van der Waals surface area contributed by atoms with Gasteiger partial charge >= 0.3 is 7.12 Å². The fraction of sp³-hybridized carbons (Fsp3) is 1.00. The average Bonchev–Trinajstić information content (AvgIpc) is 3.05. The number of hydrogen-bond donors (Lipinski definition) is 1. The fourth-order valence-electron chi connectivity index (χ4n) is 8.95. The van der Waals surface area contributed by atoms with Crippen LogP contribution in [0.3, 0.4) is 0 Å². The molecule has 1 N–H and O–H groups in total. The minimum atomic E-state index is -0.0530. The van der Waals surface area contributed by atoms with Crippen molar-refractivity contribution in [3.8, 4) is 0 Å². The summed E-state index contributed by atoms with van der Waals surface area (Å²) in [7, 11) is -0.0496.